The van der Waals surface area contributed by atoms with E-state index in [0.29, 0.717) is 45.5 Å². The average molecular weight is 540 g/mol. The Bertz CT molecular complexity index is 1600. The van der Waals surface area contributed by atoms with Crippen LogP contribution in [0, 0.1) is 18.6 Å². The fraction of sp³-hybridized carbons (Fsp3) is 0.212. The molecule has 1 atom stereocenters. The molecule has 0 radical (unpaired) electrons. The molecule has 0 aliphatic carbocycles. The van der Waals surface area contributed by atoms with Gasteiger partial charge in [-0.1, -0.05) is 42.5 Å². The number of nitrogens with one attached hydrogen (secondary N) is 1. The number of amides is 2. The lowest BCUT2D eigenvalue weighted by Gasteiger charge is -2.32. The third-order valence-electron chi connectivity index (χ3n) is 7.52. The Morgan fingerprint density at radius 2 is 1.77 bits per heavy atom. The van der Waals surface area contributed by atoms with Gasteiger partial charge in [0.1, 0.15) is 11.6 Å². The molecule has 204 valence electrons. The number of rotatable bonds is 7. The number of primary amides is 1. The molecule has 0 saturated carbocycles. The highest BCUT2D eigenvalue weighted by molar-refractivity contribution is 5.99. The SMILES string of the molecule is Cc1ccc([C@H](C)NC(=O)c2ccc3c(c2)CCCN3Cc2ccc(-c3ccccc3C(N)=O)cc2F)cc1F. The van der Waals surface area contributed by atoms with E-state index in [2.05, 4.69) is 10.2 Å². The minimum atomic E-state index is -0.559. The lowest BCUT2D eigenvalue weighted by Crippen LogP contribution is -2.30. The molecule has 5 nitrogen and oxygen atoms in total. The molecule has 0 bridgehead atoms. The van der Waals surface area contributed by atoms with E-state index in [9.17, 15) is 14.0 Å². The molecule has 1 heterocycles. The summed E-state index contributed by atoms with van der Waals surface area (Å²) in [5, 5.41) is 2.96. The fourth-order valence-corrected chi connectivity index (χ4v) is 5.22. The highest BCUT2D eigenvalue weighted by Gasteiger charge is 2.21. The van der Waals surface area contributed by atoms with Crippen LogP contribution < -0.4 is 16.0 Å². The Labute approximate surface area is 232 Å². The van der Waals surface area contributed by atoms with E-state index in [0.717, 1.165) is 30.6 Å². The standard InChI is InChI=1S/C33H31F2N3O2/c1-20-9-10-22(17-29(20)34)21(2)37-33(40)25-13-14-31-24(16-25)6-5-15-38(31)19-26-12-11-23(18-30(26)35)27-7-3-4-8-28(27)32(36)39/h3-4,7-14,16-18,21H,5-6,15,19H2,1-2H3,(H2,36,39)(H,37,40)/t21-/m0/s1. The zero-order valence-corrected chi connectivity index (χ0v) is 22.5. The molecule has 5 rings (SSSR count). The van der Waals surface area contributed by atoms with Gasteiger partial charge < -0.3 is 16.0 Å². The summed E-state index contributed by atoms with van der Waals surface area (Å²) in [7, 11) is 0. The topological polar surface area (TPSA) is 75.4 Å². The predicted molar refractivity (Wildman–Crippen MR) is 153 cm³/mol. The molecule has 7 heteroatoms. The van der Waals surface area contributed by atoms with Gasteiger partial charge in [0.15, 0.2) is 0 Å². The smallest absolute Gasteiger partial charge is 0.251 e. The molecule has 0 spiro atoms. The normalized spacial score (nSPS) is 13.4. The van der Waals surface area contributed by atoms with Crippen LogP contribution >= 0.6 is 0 Å². The third kappa shape index (κ3) is 5.59. The van der Waals surface area contributed by atoms with Gasteiger partial charge in [-0.2, -0.15) is 0 Å². The first-order chi connectivity index (χ1) is 19.2. The van der Waals surface area contributed by atoms with Crippen molar-refractivity contribution in [2.24, 2.45) is 5.73 Å². The van der Waals surface area contributed by atoms with E-state index in [-0.39, 0.29) is 23.6 Å². The Kier molecular flexibility index (Phi) is 7.65. The Morgan fingerprint density at radius 1 is 0.975 bits per heavy atom. The number of hydrogen-bond acceptors (Lipinski definition) is 3. The number of nitrogens with zero attached hydrogens (tertiary/aromatic N) is 1. The molecule has 4 aromatic rings. The maximum Gasteiger partial charge on any atom is 0.251 e. The van der Waals surface area contributed by atoms with Crippen molar-refractivity contribution < 1.29 is 18.4 Å². The van der Waals surface area contributed by atoms with E-state index in [1.165, 1.54) is 12.1 Å². The van der Waals surface area contributed by atoms with Crippen molar-refractivity contribution in [2.45, 2.75) is 39.3 Å². The Hall–Kier alpha value is -4.52. The van der Waals surface area contributed by atoms with Crippen LogP contribution in [-0.4, -0.2) is 18.4 Å². The van der Waals surface area contributed by atoms with Crippen LogP contribution in [0.3, 0.4) is 0 Å². The van der Waals surface area contributed by atoms with Gasteiger partial charge in [-0.25, -0.2) is 8.78 Å². The zero-order valence-electron chi connectivity index (χ0n) is 22.5. The first kappa shape index (κ1) is 27.1. The number of carbonyl (C=O) groups is 2. The second-order valence-electron chi connectivity index (χ2n) is 10.3. The van der Waals surface area contributed by atoms with Crippen molar-refractivity contribution >= 4 is 17.5 Å². The highest BCUT2D eigenvalue weighted by Crippen LogP contribution is 2.31. The minimum Gasteiger partial charge on any atom is -0.367 e. The molecular formula is C33H31F2N3O2. The average Bonchev–Trinajstić information content (AvgIpc) is 2.95. The van der Waals surface area contributed by atoms with E-state index in [1.54, 1.807) is 55.5 Å². The highest BCUT2D eigenvalue weighted by atomic mass is 19.1. The van der Waals surface area contributed by atoms with Gasteiger partial charge in [0.25, 0.3) is 5.91 Å². The summed E-state index contributed by atoms with van der Waals surface area (Å²) >= 11 is 0. The van der Waals surface area contributed by atoms with Crippen LogP contribution in [0.15, 0.2) is 78.9 Å². The van der Waals surface area contributed by atoms with Crippen LogP contribution in [0.4, 0.5) is 14.5 Å². The lowest BCUT2D eigenvalue weighted by atomic mass is 9.96. The molecule has 0 unspecified atom stereocenters. The van der Waals surface area contributed by atoms with Gasteiger partial charge in [-0.15, -0.1) is 0 Å². The molecular weight excluding hydrogens is 508 g/mol. The van der Waals surface area contributed by atoms with Gasteiger partial charge in [-0.05, 0) is 90.9 Å². The van der Waals surface area contributed by atoms with Gasteiger partial charge >= 0.3 is 0 Å². The summed E-state index contributed by atoms with van der Waals surface area (Å²) in [5.41, 5.74) is 11.4. The summed E-state index contributed by atoms with van der Waals surface area (Å²) in [4.78, 5) is 26.9. The van der Waals surface area contributed by atoms with Crippen LogP contribution in [0.2, 0.25) is 0 Å². The van der Waals surface area contributed by atoms with Crippen LogP contribution in [-0.2, 0) is 13.0 Å². The number of fused-ring (bicyclic) bond motifs is 1. The molecule has 1 aliphatic rings. The molecule has 3 N–H and O–H groups in total. The maximum atomic E-state index is 15.3. The molecule has 4 aromatic carbocycles. The quantitative estimate of drug-likeness (QED) is 0.282. The summed E-state index contributed by atoms with van der Waals surface area (Å²) in [6.07, 6.45) is 1.69. The van der Waals surface area contributed by atoms with E-state index >= 15 is 4.39 Å². The monoisotopic (exact) mass is 539 g/mol. The van der Waals surface area contributed by atoms with Crippen molar-refractivity contribution in [2.75, 3.05) is 11.4 Å². The van der Waals surface area contributed by atoms with Crippen molar-refractivity contribution in [1.82, 2.24) is 5.32 Å². The lowest BCUT2D eigenvalue weighted by molar-refractivity contribution is 0.0938. The number of aryl methyl sites for hydroxylation is 2. The van der Waals surface area contributed by atoms with E-state index in [1.807, 2.05) is 25.1 Å². The number of hydrogen-bond donors (Lipinski definition) is 2. The van der Waals surface area contributed by atoms with Crippen molar-refractivity contribution in [1.29, 1.82) is 0 Å². The number of halogens is 2. The largest absolute Gasteiger partial charge is 0.367 e. The van der Waals surface area contributed by atoms with Crippen molar-refractivity contribution in [3.05, 3.63) is 124 Å². The summed E-state index contributed by atoms with van der Waals surface area (Å²) in [6, 6.07) is 22.1. The maximum absolute atomic E-state index is 15.3. The molecule has 1 aliphatic heterocycles. The van der Waals surface area contributed by atoms with Gasteiger partial charge in [0.05, 0.1) is 6.04 Å². The zero-order chi connectivity index (χ0) is 28.4. The fourth-order valence-electron chi connectivity index (χ4n) is 5.22. The summed E-state index contributed by atoms with van der Waals surface area (Å²) in [5.74, 6) is -1.45. The van der Waals surface area contributed by atoms with Crippen LogP contribution in [0.1, 0.15) is 62.4 Å². The Balaban J connectivity index is 1.32. The molecule has 0 saturated heterocycles. The molecule has 2 amide bonds. The summed E-state index contributed by atoms with van der Waals surface area (Å²) < 4.78 is 29.2. The van der Waals surface area contributed by atoms with Crippen LogP contribution in [0.5, 0.6) is 0 Å². The number of nitrogens with two attached hydrogens (primary N) is 1. The van der Waals surface area contributed by atoms with Gasteiger partial charge in [0, 0.05) is 35.5 Å². The number of anilines is 1. The summed E-state index contributed by atoms with van der Waals surface area (Å²) in [6.45, 7) is 4.67. The van der Waals surface area contributed by atoms with Crippen molar-refractivity contribution in [3.8, 4) is 11.1 Å². The van der Waals surface area contributed by atoms with Gasteiger partial charge in [0.2, 0.25) is 5.91 Å². The second-order valence-corrected chi connectivity index (χ2v) is 10.3. The third-order valence-corrected chi connectivity index (χ3v) is 7.52. The van der Waals surface area contributed by atoms with E-state index < -0.39 is 5.91 Å². The second kappa shape index (κ2) is 11.3. The van der Waals surface area contributed by atoms with E-state index in [4.69, 9.17) is 5.73 Å². The Morgan fingerprint density at radius 3 is 2.52 bits per heavy atom. The first-order valence-corrected chi connectivity index (χ1v) is 13.3. The predicted octanol–water partition coefficient (Wildman–Crippen LogP) is 6.48. The molecule has 0 fully saturated rings. The molecule has 0 aromatic heterocycles. The number of benzene rings is 4. The number of carbonyl (C=O) groups excluding carboxylic acids is 2. The first-order valence-electron chi connectivity index (χ1n) is 13.3. The van der Waals surface area contributed by atoms with Crippen molar-refractivity contribution in [3.63, 3.8) is 0 Å². The minimum absolute atomic E-state index is 0.230. The van der Waals surface area contributed by atoms with Gasteiger partial charge in [-0.3, -0.25) is 9.59 Å². The molecule has 40 heavy (non-hydrogen) atoms. The van der Waals surface area contributed by atoms with Crippen LogP contribution in [0.25, 0.3) is 11.1 Å².